The lowest BCUT2D eigenvalue weighted by Crippen LogP contribution is -2.25. The van der Waals surface area contributed by atoms with Crippen molar-refractivity contribution in [2.24, 2.45) is 5.92 Å². The summed E-state index contributed by atoms with van der Waals surface area (Å²) in [6, 6.07) is 0.0917. The minimum atomic E-state index is -0.320. The molecule has 78 valence electrons. The maximum Gasteiger partial charge on any atom is 0.407 e. The summed E-state index contributed by atoms with van der Waals surface area (Å²) in [5.41, 5.74) is 0. The second-order valence-corrected chi connectivity index (χ2v) is 3.93. The third kappa shape index (κ3) is 4.18. The van der Waals surface area contributed by atoms with Crippen molar-refractivity contribution in [3.63, 3.8) is 0 Å². The molecule has 0 aromatic heterocycles. The van der Waals surface area contributed by atoms with Gasteiger partial charge in [0, 0.05) is 12.8 Å². The van der Waals surface area contributed by atoms with Crippen LogP contribution in [0.4, 0.5) is 4.79 Å². The number of ether oxygens (including phenoxy) is 1. The standard InChI is InChI=1S/C11H17NO2/c1-9(2)6-4-3-5-7-10-8-14-11(13)12-10/h9-10H,4,6-8H2,1-2H3,(H,12,13). The van der Waals surface area contributed by atoms with Gasteiger partial charge in [-0.2, -0.15) is 0 Å². The smallest absolute Gasteiger partial charge is 0.407 e. The van der Waals surface area contributed by atoms with E-state index >= 15 is 0 Å². The van der Waals surface area contributed by atoms with Crippen LogP contribution in [0.5, 0.6) is 0 Å². The van der Waals surface area contributed by atoms with Crippen LogP contribution >= 0.6 is 0 Å². The number of amides is 1. The van der Waals surface area contributed by atoms with Gasteiger partial charge in [-0.3, -0.25) is 0 Å². The van der Waals surface area contributed by atoms with Crippen LogP contribution in [-0.2, 0) is 4.74 Å². The quantitative estimate of drug-likeness (QED) is 0.699. The van der Waals surface area contributed by atoms with E-state index < -0.39 is 0 Å². The zero-order valence-electron chi connectivity index (χ0n) is 8.80. The summed E-state index contributed by atoms with van der Waals surface area (Å²) in [4.78, 5) is 10.7. The maximum absolute atomic E-state index is 10.7. The van der Waals surface area contributed by atoms with Crippen LogP contribution in [0, 0.1) is 17.8 Å². The molecule has 1 aliphatic heterocycles. The van der Waals surface area contributed by atoms with Crippen LogP contribution in [0.15, 0.2) is 0 Å². The molecule has 1 saturated heterocycles. The van der Waals surface area contributed by atoms with Gasteiger partial charge < -0.3 is 10.1 Å². The molecule has 0 spiro atoms. The molecular formula is C11H17NO2. The van der Waals surface area contributed by atoms with Gasteiger partial charge in [-0.25, -0.2) is 4.79 Å². The molecule has 0 aromatic carbocycles. The number of cyclic esters (lactones) is 1. The van der Waals surface area contributed by atoms with Gasteiger partial charge in [0.2, 0.25) is 0 Å². The number of rotatable bonds is 3. The van der Waals surface area contributed by atoms with Crippen molar-refractivity contribution in [2.75, 3.05) is 6.61 Å². The number of carbonyl (C=O) groups excluding carboxylic acids is 1. The molecule has 1 unspecified atom stereocenters. The fourth-order valence-electron chi connectivity index (χ4n) is 1.18. The highest BCUT2D eigenvalue weighted by Gasteiger charge is 2.20. The van der Waals surface area contributed by atoms with E-state index in [4.69, 9.17) is 4.74 Å². The summed E-state index contributed by atoms with van der Waals surface area (Å²) in [6.45, 7) is 4.83. The third-order valence-corrected chi connectivity index (χ3v) is 2.06. The van der Waals surface area contributed by atoms with Crippen LogP contribution < -0.4 is 5.32 Å². The highest BCUT2D eigenvalue weighted by atomic mass is 16.6. The van der Waals surface area contributed by atoms with Gasteiger partial charge in [0.1, 0.15) is 6.61 Å². The minimum absolute atomic E-state index is 0.0917. The predicted molar refractivity (Wildman–Crippen MR) is 54.7 cm³/mol. The Hall–Kier alpha value is -1.17. The largest absolute Gasteiger partial charge is 0.447 e. The molecule has 3 nitrogen and oxygen atoms in total. The van der Waals surface area contributed by atoms with Gasteiger partial charge in [-0.1, -0.05) is 13.8 Å². The van der Waals surface area contributed by atoms with Crippen molar-refractivity contribution in [3.8, 4) is 11.8 Å². The van der Waals surface area contributed by atoms with Gasteiger partial charge in [0.15, 0.2) is 0 Å². The van der Waals surface area contributed by atoms with Gasteiger partial charge in [0.05, 0.1) is 6.04 Å². The molecular weight excluding hydrogens is 178 g/mol. The molecule has 1 fully saturated rings. The lowest BCUT2D eigenvalue weighted by Gasteiger charge is -1.99. The first-order valence-corrected chi connectivity index (χ1v) is 5.07. The van der Waals surface area contributed by atoms with Crippen LogP contribution in [0.1, 0.15) is 33.1 Å². The average molecular weight is 195 g/mol. The van der Waals surface area contributed by atoms with Crippen LogP contribution in [0.2, 0.25) is 0 Å². The Labute approximate surface area is 85.2 Å². The molecule has 0 saturated carbocycles. The molecule has 1 amide bonds. The maximum atomic E-state index is 10.7. The third-order valence-electron chi connectivity index (χ3n) is 2.06. The average Bonchev–Trinajstić information content (AvgIpc) is 2.50. The fraction of sp³-hybridized carbons (Fsp3) is 0.727. The van der Waals surface area contributed by atoms with Crippen LogP contribution in [0.25, 0.3) is 0 Å². The summed E-state index contributed by atoms with van der Waals surface area (Å²) < 4.78 is 4.74. The Morgan fingerprint density at radius 2 is 2.36 bits per heavy atom. The van der Waals surface area contributed by atoms with E-state index in [1.165, 1.54) is 0 Å². The molecule has 1 heterocycles. The molecule has 14 heavy (non-hydrogen) atoms. The summed E-state index contributed by atoms with van der Waals surface area (Å²) in [5, 5.41) is 2.69. The topological polar surface area (TPSA) is 38.3 Å². The van der Waals surface area contributed by atoms with E-state index in [2.05, 4.69) is 31.0 Å². The van der Waals surface area contributed by atoms with E-state index in [-0.39, 0.29) is 12.1 Å². The normalized spacial score (nSPS) is 19.9. The number of hydrogen-bond donors (Lipinski definition) is 1. The van der Waals surface area contributed by atoms with Crippen molar-refractivity contribution in [1.29, 1.82) is 0 Å². The van der Waals surface area contributed by atoms with Crippen molar-refractivity contribution < 1.29 is 9.53 Å². The second kappa shape index (κ2) is 5.54. The van der Waals surface area contributed by atoms with Gasteiger partial charge >= 0.3 is 6.09 Å². The van der Waals surface area contributed by atoms with Crippen molar-refractivity contribution in [1.82, 2.24) is 5.32 Å². The molecule has 3 heteroatoms. The Kier molecular flexibility index (Phi) is 4.31. The molecule has 1 N–H and O–H groups in total. The SMILES string of the molecule is CC(C)CCC#CCC1COC(=O)N1. The Bertz CT molecular complexity index is 250. The van der Waals surface area contributed by atoms with E-state index in [9.17, 15) is 4.79 Å². The molecule has 0 bridgehead atoms. The van der Waals surface area contributed by atoms with Gasteiger partial charge in [-0.05, 0) is 12.3 Å². The highest BCUT2D eigenvalue weighted by molar-refractivity contribution is 5.69. The molecule has 1 atom stereocenters. The first-order chi connectivity index (χ1) is 6.68. The lowest BCUT2D eigenvalue weighted by molar-refractivity contribution is 0.177. The zero-order valence-corrected chi connectivity index (χ0v) is 8.80. The Morgan fingerprint density at radius 3 is 2.93 bits per heavy atom. The fourth-order valence-corrected chi connectivity index (χ4v) is 1.18. The van der Waals surface area contributed by atoms with E-state index in [1.807, 2.05) is 0 Å². The minimum Gasteiger partial charge on any atom is -0.447 e. The summed E-state index contributed by atoms with van der Waals surface area (Å²) >= 11 is 0. The summed E-state index contributed by atoms with van der Waals surface area (Å²) in [7, 11) is 0. The molecule has 0 radical (unpaired) electrons. The number of alkyl carbamates (subject to hydrolysis) is 1. The molecule has 1 rings (SSSR count). The van der Waals surface area contributed by atoms with Crippen LogP contribution in [-0.4, -0.2) is 18.7 Å². The number of hydrogen-bond acceptors (Lipinski definition) is 2. The van der Waals surface area contributed by atoms with Gasteiger partial charge in [-0.15, -0.1) is 11.8 Å². The van der Waals surface area contributed by atoms with E-state index in [0.717, 1.165) is 12.8 Å². The summed E-state index contributed by atoms with van der Waals surface area (Å²) in [5.74, 6) is 6.87. The van der Waals surface area contributed by atoms with Crippen molar-refractivity contribution >= 4 is 6.09 Å². The number of nitrogens with one attached hydrogen (secondary N) is 1. The molecule has 0 aliphatic carbocycles. The first kappa shape index (κ1) is 10.9. The molecule has 1 aliphatic rings. The predicted octanol–water partition coefficient (Wildman–Crippen LogP) is 1.92. The van der Waals surface area contributed by atoms with Gasteiger partial charge in [0.25, 0.3) is 0 Å². The zero-order chi connectivity index (χ0) is 10.4. The van der Waals surface area contributed by atoms with Crippen LogP contribution in [0.3, 0.4) is 0 Å². The Morgan fingerprint density at radius 1 is 1.57 bits per heavy atom. The van der Waals surface area contributed by atoms with E-state index in [0.29, 0.717) is 18.9 Å². The highest BCUT2D eigenvalue weighted by Crippen LogP contribution is 2.03. The van der Waals surface area contributed by atoms with E-state index in [1.54, 1.807) is 0 Å². The first-order valence-electron chi connectivity index (χ1n) is 5.07. The Balaban J connectivity index is 2.10. The second-order valence-electron chi connectivity index (χ2n) is 3.93. The monoisotopic (exact) mass is 195 g/mol. The van der Waals surface area contributed by atoms with Crippen molar-refractivity contribution in [2.45, 2.75) is 39.2 Å². The summed E-state index contributed by atoms with van der Waals surface area (Å²) in [6.07, 6.45) is 2.46. The molecule has 0 aromatic rings. The van der Waals surface area contributed by atoms with Crippen molar-refractivity contribution in [3.05, 3.63) is 0 Å². The number of carbonyl (C=O) groups is 1. The lowest BCUT2D eigenvalue weighted by atomic mass is 10.1.